The maximum atomic E-state index is 13.6. The lowest BCUT2D eigenvalue weighted by atomic mass is 9.98. The Morgan fingerprint density at radius 1 is 1.00 bits per heavy atom. The van der Waals surface area contributed by atoms with Gasteiger partial charge in [-0.25, -0.2) is 17.9 Å². The molecule has 1 aliphatic carbocycles. The summed E-state index contributed by atoms with van der Waals surface area (Å²) in [5.41, 5.74) is 2.27. The number of ether oxygens (including phenoxy) is 1. The molecule has 3 aliphatic rings. The Hall–Kier alpha value is -3.08. The molecule has 40 heavy (non-hydrogen) atoms. The van der Waals surface area contributed by atoms with Gasteiger partial charge in [0.05, 0.1) is 16.3 Å². The van der Waals surface area contributed by atoms with E-state index in [2.05, 4.69) is 10.1 Å². The van der Waals surface area contributed by atoms with E-state index >= 15 is 0 Å². The molecule has 2 aromatic carbocycles. The smallest absolute Gasteiger partial charge is 0.344 e. The number of aromatic nitrogens is 1. The minimum Gasteiger partial charge on any atom is -0.458 e. The van der Waals surface area contributed by atoms with Crippen LogP contribution in [-0.4, -0.2) is 49.9 Å². The number of amides is 1. The summed E-state index contributed by atoms with van der Waals surface area (Å²) < 4.78 is 36.5. The molecule has 6 rings (SSSR count). The third-order valence-corrected chi connectivity index (χ3v) is 8.93. The fourth-order valence-electron chi connectivity index (χ4n) is 5.89. The van der Waals surface area contributed by atoms with Gasteiger partial charge in [-0.1, -0.05) is 34.4 Å². The van der Waals surface area contributed by atoms with Crippen LogP contribution in [0.15, 0.2) is 47.0 Å². The zero-order valence-electron chi connectivity index (χ0n) is 21.6. The van der Waals surface area contributed by atoms with Crippen molar-refractivity contribution in [3.8, 4) is 11.3 Å². The van der Waals surface area contributed by atoms with Crippen LogP contribution in [0.1, 0.15) is 70.9 Å². The van der Waals surface area contributed by atoms with Crippen molar-refractivity contribution in [2.75, 3.05) is 11.2 Å². The third-order valence-electron chi connectivity index (χ3n) is 7.74. The van der Waals surface area contributed by atoms with Crippen molar-refractivity contribution in [2.24, 2.45) is 0 Å². The van der Waals surface area contributed by atoms with Crippen LogP contribution in [0, 0.1) is 0 Å². The highest BCUT2D eigenvalue weighted by Crippen LogP contribution is 2.47. The van der Waals surface area contributed by atoms with E-state index < -0.39 is 21.9 Å². The summed E-state index contributed by atoms with van der Waals surface area (Å²) >= 11 is 12.9. The first-order valence-corrected chi connectivity index (χ1v) is 15.8. The van der Waals surface area contributed by atoms with Gasteiger partial charge in [-0.05, 0) is 62.1 Å². The number of halogens is 2. The van der Waals surface area contributed by atoms with Crippen LogP contribution in [0.2, 0.25) is 10.0 Å². The molecule has 3 fully saturated rings. The van der Waals surface area contributed by atoms with E-state index in [0.29, 0.717) is 45.5 Å². The van der Waals surface area contributed by atoms with Crippen LogP contribution in [-0.2, 0) is 14.8 Å². The van der Waals surface area contributed by atoms with E-state index in [4.69, 9.17) is 32.5 Å². The Labute approximate surface area is 241 Å². The average Bonchev–Trinajstić information content (AvgIpc) is 3.58. The Balaban J connectivity index is 1.19. The van der Waals surface area contributed by atoms with Crippen molar-refractivity contribution >= 4 is 50.8 Å². The number of rotatable bonds is 7. The van der Waals surface area contributed by atoms with Gasteiger partial charge in [-0.2, -0.15) is 0 Å². The molecule has 3 atom stereocenters. The minimum absolute atomic E-state index is 0.130. The Morgan fingerprint density at radius 3 is 2.20 bits per heavy atom. The molecule has 0 unspecified atom stereocenters. The van der Waals surface area contributed by atoms with Gasteiger partial charge in [0.15, 0.2) is 5.76 Å². The van der Waals surface area contributed by atoms with Gasteiger partial charge in [0.2, 0.25) is 10.0 Å². The van der Waals surface area contributed by atoms with E-state index in [0.717, 1.165) is 37.6 Å². The fraction of sp³-hybridized carbons (Fsp3) is 0.393. The van der Waals surface area contributed by atoms with Gasteiger partial charge in [0, 0.05) is 47.7 Å². The van der Waals surface area contributed by atoms with Crippen LogP contribution >= 0.6 is 23.2 Å². The number of fused-ring (bicyclic) bond motifs is 2. The molecule has 1 aromatic heterocycles. The third kappa shape index (κ3) is 5.32. The summed E-state index contributed by atoms with van der Waals surface area (Å²) in [6.07, 6.45) is 5.72. The van der Waals surface area contributed by atoms with Crippen LogP contribution in [0.5, 0.6) is 0 Å². The molecule has 1 N–H and O–H groups in total. The average molecular weight is 605 g/mol. The predicted molar refractivity (Wildman–Crippen MR) is 150 cm³/mol. The fourth-order valence-corrected chi connectivity index (χ4v) is 6.92. The molecule has 12 heteroatoms. The molecule has 0 spiro atoms. The Kier molecular flexibility index (Phi) is 7.04. The first-order valence-electron chi connectivity index (χ1n) is 13.1. The van der Waals surface area contributed by atoms with Crippen LogP contribution in [0.25, 0.3) is 11.3 Å². The molecule has 2 saturated heterocycles. The SMILES string of the molecule is CS(=O)(=O)NC(=O)c1ccc(N2[C@@H]3CC[C@H]2C[C@H](OC(=O)c2c(-c4c(Cl)cccc4Cl)noc2C2CC2)C3)cc1. The quantitative estimate of drug-likeness (QED) is 0.348. The van der Waals surface area contributed by atoms with E-state index in [1.807, 2.05) is 16.9 Å². The molecule has 2 aliphatic heterocycles. The second kappa shape index (κ2) is 10.4. The largest absolute Gasteiger partial charge is 0.458 e. The van der Waals surface area contributed by atoms with E-state index in [9.17, 15) is 18.0 Å². The van der Waals surface area contributed by atoms with Gasteiger partial charge in [0.25, 0.3) is 5.91 Å². The van der Waals surface area contributed by atoms with Gasteiger partial charge < -0.3 is 14.2 Å². The van der Waals surface area contributed by atoms with Gasteiger partial charge in [0.1, 0.15) is 17.4 Å². The Bertz CT molecular complexity index is 1550. The van der Waals surface area contributed by atoms with E-state index in [-0.39, 0.29) is 29.7 Å². The van der Waals surface area contributed by atoms with Crippen LogP contribution < -0.4 is 9.62 Å². The van der Waals surface area contributed by atoms with Crippen LogP contribution in [0.4, 0.5) is 5.69 Å². The summed E-state index contributed by atoms with van der Waals surface area (Å²) in [5, 5.41) is 4.96. The maximum Gasteiger partial charge on any atom is 0.344 e. The number of nitrogens with zero attached hydrogens (tertiary/aromatic N) is 2. The molecular weight excluding hydrogens is 577 g/mol. The second-order valence-corrected chi connectivity index (χ2v) is 13.2. The van der Waals surface area contributed by atoms with Gasteiger partial charge >= 0.3 is 5.97 Å². The van der Waals surface area contributed by atoms with Gasteiger partial charge in [-0.15, -0.1) is 0 Å². The molecule has 3 heterocycles. The lowest BCUT2D eigenvalue weighted by molar-refractivity contribution is 0.0202. The molecule has 1 saturated carbocycles. The second-order valence-electron chi connectivity index (χ2n) is 10.7. The number of nitrogens with one attached hydrogen (secondary N) is 1. The highest BCUT2D eigenvalue weighted by molar-refractivity contribution is 7.89. The standard InChI is InChI=1S/C28H27Cl2N3O6S/c1-40(36,37)32-27(34)16-7-9-17(10-8-16)33-18-11-12-19(33)14-20(13-18)38-28(35)24-25(31-39-26(24)15-5-6-15)23-21(29)3-2-4-22(23)30/h2-4,7-10,15,18-20H,5-6,11-14H2,1H3,(H,32,34)/t18-,19+,20-. The van der Waals surface area contributed by atoms with Crippen molar-refractivity contribution in [1.29, 1.82) is 0 Å². The molecular formula is C28H27Cl2N3O6S. The van der Waals surface area contributed by atoms with Gasteiger partial charge in [-0.3, -0.25) is 4.79 Å². The topological polar surface area (TPSA) is 119 Å². The number of esters is 1. The number of hydrogen-bond donors (Lipinski definition) is 1. The lowest BCUT2D eigenvalue weighted by Gasteiger charge is -2.40. The first-order chi connectivity index (χ1) is 19.1. The minimum atomic E-state index is -3.64. The molecule has 0 radical (unpaired) electrons. The summed E-state index contributed by atoms with van der Waals surface area (Å²) in [5.74, 6) is -0.491. The molecule has 3 aromatic rings. The molecule has 210 valence electrons. The van der Waals surface area contributed by atoms with Crippen molar-refractivity contribution in [3.05, 3.63) is 69.4 Å². The summed E-state index contributed by atoms with van der Waals surface area (Å²) in [6, 6.07) is 12.3. The maximum absolute atomic E-state index is 13.6. The highest BCUT2D eigenvalue weighted by atomic mass is 35.5. The lowest BCUT2D eigenvalue weighted by Crippen LogP contribution is -2.46. The van der Waals surface area contributed by atoms with Crippen molar-refractivity contribution in [2.45, 2.75) is 62.6 Å². The first kappa shape index (κ1) is 27.1. The predicted octanol–water partition coefficient (Wildman–Crippen LogP) is 5.57. The van der Waals surface area contributed by atoms with Crippen molar-refractivity contribution < 1.29 is 27.3 Å². The number of carbonyl (C=O) groups excluding carboxylic acids is 2. The van der Waals surface area contributed by atoms with E-state index in [1.165, 1.54) is 0 Å². The monoisotopic (exact) mass is 603 g/mol. The number of hydrogen-bond acceptors (Lipinski definition) is 8. The van der Waals surface area contributed by atoms with Crippen molar-refractivity contribution in [3.63, 3.8) is 0 Å². The summed E-state index contributed by atoms with van der Waals surface area (Å²) in [4.78, 5) is 28.1. The summed E-state index contributed by atoms with van der Waals surface area (Å²) in [7, 11) is -3.64. The number of benzene rings is 2. The van der Waals surface area contributed by atoms with Crippen LogP contribution in [0.3, 0.4) is 0 Å². The molecule has 9 nitrogen and oxygen atoms in total. The molecule has 1 amide bonds. The number of anilines is 1. The zero-order chi connectivity index (χ0) is 28.2. The normalized spacial score (nSPS) is 22.3. The number of sulfonamides is 1. The Morgan fingerprint density at radius 2 is 1.62 bits per heavy atom. The highest BCUT2D eigenvalue weighted by Gasteiger charge is 2.44. The summed E-state index contributed by atoms with van der Waals surface area (Å²) in [6.45, 7) is 0. The number of piperidine rings is 1. The van der Waals surface area contributed by atoms with Crippen molar-refractivity contribution in [1.82, 2.24) is 9.88 Å². The zero-order valence-corrected chi connectivity index (χ0v) is 23.9. The molecule has 2 bridgehead atoms. The number of carbonyl (C=O) groups is 2. The van der Waals surface area contributed by atoms with E-state index in [1.54, 1.807) is 30.3 Å².